The van der Waals surface area contributed by atoms with Gasteiger partial charge >= 0.3 is 6.09 Å². The highest BCUT2D eigenvalue weighted by Gasteiger charge is 2.27. The van der Waals surface area contributed by atoms with Gasteiger partial charge in [0.05, 0.1) is 21.3 Å². The van der Waals surface area contributed by atoms with Gasteiger partial charge in [0.1, 0.15) is 5.60 Å². The molecule has 7 nitrogen and oxygen atoms in total. The Kier molecular flexibility index (Phi) is 7.53. The lowest BCUT2D eigenvalue weighted by Gasteiger charge is -2.23. The number of para-hydroxylation sites is 1. The molecule has 1 atom stereocenters. The lowest BCUT2D eigenvalue weighted by molar-refractivity contribution is 0.0507. The lowest BCUT2D eigenvalue weighted by Crippen LogP contribution is -2.44. The molecule has 2 aromatic rings. The first-order valence-electron chi connectivity index (χ1n) is 10.7. The predicted octanol–water partition coefficient (Wildman–Crippen LogP) is 3.79. The number of carbonyl (C=O) groups excluding carboxylic acids is 1. The molecule has 1 aliphatic heterocycles. The molecular formula is C22H33N5O2S. The molecule has 30 heavy (non-hydrogen) atoms. The van der Waals surface area contributed by atoms with Crippen LogP contribution in [-0.2, 0) is 11.2 Å². The van der Waals surface area contributed by atoms with Gasteiger partial charge in [-0.25, -0.2) is 9.78 Å². The number of nitrogens with one attached hydrogen (secondary N) is 2. The largest absolute Gasteiger partial charge is 0.444 e. The number of likely N-dealkylation sites (tertiary alicyclic amines) is 1. The molecular weight excluding hydrogens is 398 g/mol. The molecule has 8 heteroatoms. The molecule has 0 unspecified atom stereocenters. The van der Waals surface area contributed by atoms with E-state index in [0.717, 1.165) is 56.9 Å². The number of fused-ring (bicyclic) bond motifs is 1. The van der Waals surface area contributed by atoms with Crippen LogP contribution in [0, 0.1) is 0 Å². The van der Waals surface area contributed by atoms with Crippen LogP contribution in [0.5, 0.6) is 0 Å². The molecule has 1 fully saturated rings. The maximum atomic E-state index is 12.0. The molecule has 1 amide bonds. The van der Waals surface area contributed by atoms with Gasteiger partial charge in [0.15, 0.2) is 5.96 Å². The zero-order chi connectivity index (χ0) is 21.6. The molecule has 0 spiro atoms. The zero-order valence-electron chi connectivity index (χ0n) is 18.4. The van der Waals surface area contributed by atoms with Crippen LogP contribution in [-0.4, -0.2) is 59.8 Å². The van der Waals surface area contributed by atoms with Crippen LogP contribution in [0.1, 0.15) is 45.5 Å². The van der Waals surface area contributed by atoms with Crippen molar-refractivity contribution < 1.29 is 9.53 Å². The molecule has 2 N–H and O–H groups in total. The Morgan fingerprint density at radius 2 is 2.17 bits per heavy atom. The van der Waals surface area contributed by atoms with E-state index in [9.17, 15) is 4.79 Å². The van der Waals surface area contributed by atoms with E-state index in [1.54, 1.807) is 11.3 Å². The Hall–Kier alpha value is -2.35. The average molecular weight is 432 g/mol. The number of carbonyl (C=O) groups is 1. The van der Waals surface area contributed by atoms with Gasteiger partial charge in [-0.15, -0.1) is 11.3 Å². The Balaban J connectivity index is 1.48. The first-order chi connectivity index (χ1) is 14.3. The van der Waals surface area contributed by atoms with Crippen molar-refractivity contribution in [1.29, 1.82) is 0 Å². The fourth-order valence-electron chi connectivity index (χ4n) is 3.41. The molecule has 0 bridgehead atoms. The smallest absolute Gasteiger partial charge is 0.407 e. The molecule has 1 aliphatic rings. The van der Waals surface area contributed by atoms with Gasteiger partial charge in [-0.1, -0.05) is 12.1 Å². The number of hydrogen-bond acceptors (Lipinski definition) is 5. The summed E-state index contributed by atoms with van der Waals surface area (Å²) in [5.41, 5.74) is 0.595. The van der Waals surface area contributed by atoms with E-state index in [2.05, 4.69) is 40.7 Å². The van der Waals surface area contributed by atoms with E-state index in [1.165, 1.54) is 9.71 Å². The number of nitrogens with zero attached hydrogens (tertiary/aromatic N) is 3. The molecule has 0 saturated carbocycles. The van der Waals surface area contributed by atoms with Gasteiger partial charge in [-0.2, -0.15) is 0 Å². The number of amides is 1. The van der Waals surface area contributed by atoms with E-state index in [0.29, 0.717) is 0 Å². The quantitative estimate of drug-likeness (QED) is 0.413. The van der Waals surface area contributed by atoms with Crippen LogP contribution in [0.4, 0.5) is 4.79 Å². The van der Waals surface area contributed by atoms with Crippen molar-refractivity contribution in [2.75, 3.05) is 26.2 Å². The number of thiazole rings is 1. The highest BCUT2D eigenvalue weighted by atomic mass is 32.1. The van der Waals surface area contributed by atoms with Crippen LogP contribution in [0.15, 0.2) is 29.3 Å². The number of aliphatic imine (C=N–C) groups is 1. The summed E-state index contributed by atoms with van der Waals surface area (Å²) in [5.74, 6) is 0.912. The molecule has 1 aromatic heterocycles. The van der Waals surface area contributed by atoms with Crippen molar-refractivity contribution in [2.45, 2.75) is 58.6 Å². The van der Waals surface area contributed by atoms with Crippen molar-refractivity contribution in [3.63, 3.8) is 0 Å². The van der Waals surface area contributed by atoms with E-state index >= 15 is 0 Å². The number of rotatable bonds is 6. The summed E-state index contributed by atoms with van der Waals surface area (Å²) in [6, 6.07) is 8.34. The SMILES string of the molecule is CCNC(=NCCCc1nc2ccccc2s1)N1CC[C@@H](NC(=O)OC(C)(C)C)C1. The third-order valence-electron chi connectivity index (χ3n) is 4.69. The minimum Gasteiger partial charge on any atom is -0.444 e. The van der Waals surface area contributed by atoms with Crippen LogP contribution in [0.2, 0.25) is 0 Å². The molecule has 0 radical (unpaired) electrons. The van der Waals surface area contributed by atoms with E-state index < -0.39 is 5.60 Å². The molecule has 1 aromatic carbocycles. The second-order valence-corrected chi connectivity index (χ2v) is 9.61. The van der Waals surface area contributed by atoms with Crippen molar-refractivity contribution in [3.8, 4) is 0 Å². The number of guanidine groups is 1. The number of hydrogen-bond donors (Lipinski definition) is 2. The summed E-state index contributed by atoms with van der Waals surface area (Å²) in [6.07, 6.45) is 2.43. The maximum Gasteiger partial charge on any atom is 0.407 e. The fraction of sp³-hybridized carbons (Fsp3) is 0.591. The van der Waals surface area contributed by atoms with Crippen LogP contribution in [0.3, 0.4) is 0 Å². The highest BCUT2D eigenvalue weighted by molar-refractivity contribution is 7.18. The third-order valence-corrected chi connectivity index (χ3v) is 5.79. The van der Waals surface area contributed by atoms with Gasteiger partial charge in [0.25, 0.3) is 0 Å². The lowest BCUT2D eigenvalue weighted by atomic mass is 10.2. The molecule has 2 heterocycles. The molecule has 1 saturated heterocycles. The van der Waals surface area contributed by atoms with Gasteiger partial charge in [0, 0.05) is 32.6 Å². The van der Waals surface area contributed by atoms with Gasteiger partial charge in [-0.05, 0) is 52.7 Å². The number of ether oxygens (including phenoxy) is 1. The van der Waals surface area contributed by atoms with E-state index in [-0.39, 0.29) is 12.1 Å². The number of aryl methyl sites for hydroxylation is 1. The molecule has 164 valence electrons. The summed E-state index contributed by atoms with van der Waals surface area (Å²) >= 11 is 1.76. The van der Waals surface area contributed by atoms with Crippen molar-refractivity contribution >= 4 is 33.6 Å². The monoisotopic (exact) mass is 431 g/mol. The van der Waals surface area contributed by atoms with Crippen molar-refractivity contribution in [1.82, 2.24) is 20.5 Å². The Bertz CT molecular complexity index is 841. The van der Waals surface area contributed by atoms with Gasteiger partial charge < -0.3 is 20.3 Å². The van der Waals surface area contributed by atoms with Crippen LogP contribution in [0.25, 0.3) is 10.2 Å². The minimum absolute atomic E-state index is 0.0754. The molecule has 0 aliphatic carbocycles. The van der Waals surface area contributed by atoms with Gasteiger partial charge in [-0.3, -0.25) is 4.99 Å². The Labute approximate surface area is 182 Å². The fourth-order valence-corrected chi connectivity index (χ4v) is 4.42. The zero-order valence-corrected chi connectivity index (χ0v) is 19.2. The van der Waals surface area contributed by atoms with Crippen molar-refractivity contribution in [3.05, 3.63) is 29.3 Å². The number of alkyl carbamates (subject to hydrolysis) is 1. The second kappa shape index (κ2) is 10.1. The van der Waals surface area contributed by atoms with Gasteiger partial charge in [0.2, 0.25) is 0 Å². The maximum absolute atomic E-state index is 12.0. The van der Waals surface area contributed by atoms with E-state index in [1.807, 2.05) is 26.8 Å². The summed E-state index contributed by atoms with van der Waals surface area (Å²) in [7, 11) is 0. The van der Waals surface area contributed by atoms with Crippen LogP contribution < -0.4 is 10.6 Å². The third kappa shape index (κ3) is 6.58. The minimum atomic E-state index is -0.484. The Morgan fingerprint density at radius 3 is 2.90 bits per heavy atom. The van der Waals surface area contributed by atoms with Crippen molar-refractivity contribution in [2.24, 2.45) is 4.99 Å². The highest BCUT2D eigenvalue weighted by Crippen LogP contribution is 2.22. The average Bonchev–Trinajstić information content (AvgIpc) is 3.29. The Morgan fingerprint density at radius 1 is 1.37 bits per heavy atom. The topological polar surface area (TPSA) is 78.9 Å². The summed E-state index contributed by atoms with van der Waals surface area (Å²) in [5, 5.41) is 7.51. The first-order valence-corrected chi connectivity index (χ1v) is 11.5. The summed E-state index contributed by atoms with van der Waals surface area (Å²) < 4.78 is 6.61. The number of benzene rings is 1. The second-order valence-electron chi connectivity index (χ2n) is 8.49. The number of aromatic nitrogens is 1. The normalized spacial score (nSPS) is 17.4. The summed E-state index contributed by atoms with van der Waals surface area (Å²) in [4.78, 5) is 23.7. The van der Waals surface area contributed by atoms with E-state index in [4.69, 9.17) is 14.7 Å². The van der Waals surface area contributed by atoms with Crippen LogP contribution >= 0.6 is 11.3 Å². The molecule has 3 rings (SSSR count). The predicted molar refractivity (Wildman–Crippen MR) is 123 cm³/mol. The summed E-state index contributed by atoms with van der Waals surface area (Å²) in [6.45, 7) is 10.9. The first kappa shape index (κ1) is 22.3. The standard InChI is InChI=1S/C22H33N5O2S/c1-5-23-20(27-14-12-16(15-27)25-21(28)29-22(2,3)4)24-13-8-11-19-26-17-9-6-7-10-18(17)30-19/h6-7,9-10,16H,5,8,11-15H2,1-4H3,(H,23,24)(H,25,28)/t16-/m1/s1.